The Balaban J connectivity index is 1.64. The van der Waals surface area contributed by atoms with Crippen molar-refractivity contribution in [2.24, 2.45) is 0 Å². The van der Waals surface area contributed by atoms with Gasteiger partial charge in [-0.05, 0) is 25.5 Å². The first-order valence-electron chi connectivity index (χ1n) is 9.35. The average Bonchev–Trinajstić information content (AvgIpc) is 3.33. The molecule has 0 unspecified atom stereocenters. The third kappa shape index (κ3) is 3.51. The standard InChI is InChI=1S/C21H22N6O/c1-3-27-20-18(13-24-27)17(11-19(25-20)16-7-5-4-6-8-16)21(28)22-9-10-26-14-15(2)12-23-26/h4-8,11-14H,3,9-10H2,1-2H3,(H,22,28). The lowest BCUT2D eigenvalue weighted by atomic mass is 10.1. The van der Waals surface area contributed by atoms with Crippen LogP contribution in [0.15, 0.2) is 55.0 Å². The van der Waals surface area contributed by atoms with Crippen molar-refractivity contribution < 1.29 is 4.79 Å². The van der Waals surface area contributed by atoms with Gasteiger partial charge in [0, 0.05) is 24.8 Å². The molecule has 0 aliphatic carbocycles. The summed E-state index contributed by atoms with van der Waals surface area (Å²) in [5.74, 6) is -0.135. The van der Waals surface area contributed by atoms with Crippen LogP contribution in [0.4, 0.5) is 0 Å². The Morgan fingerprint density at radius 1 is 1.14 bits per heavy atom. The van der Waals surface area contributed by atoms with E-state index in [4.69, 9.17) is 4.98 Å². The summed E-state index contributed by atoms with van der Waals surface area (Å²) in [6.07, 6.45) is 5.47. The lowest BCUT2D eigenvalue weighted by molar-refractivity contribution is 0.0953. The van der Waals surface area contributed by atoms with Gasteiger partial charge in [0.15, 0.2) is 5.65 Å². The van der Waals surface area contributed by atoms with E-state index in [1.54, 1.807) is 12.4 Å². The summed E-state index contributed by atoms with van der Waals surface area (Å²) in [6.45, 7) is 5.80. The van der Waals surface area contributed by atoms with E-state index in [9.17, 15) is 4.79 Å². The Hall–Kier alpha value is -3.48. The number of aryl methyl sites for hydroxylation is 2. The number of nitrogens with one attached hydrogen (secondary N) is 1. The maximum Gasteiger partial charge on any atom is 0.252 e. The molecule has 7 nitrogen and oxygen atoms in total. The van der Waals surface area contributed by atoms with E-state index in [1.165, 1.54) is 0 Å². The van der Waals surface area contributed by atoms with Crippen molar-refractivity contribution in [2.45, 2.75) is 26.9 Å². The summed E-state index contributed by atoms with van der Waals surface area (Å²) in [6, 6.07) is 11.7. The van der Waals surface area contributed by atoms with Crippen molar-refractivity contribution in [1.29, 1.82) is 0 Å². The molecule has 0 atom stereocenters. The van der Waals surface area contributed by atoms with Gasteiger partial charge in [0.2, 0.25) is 0 Å². The Morgan fingerprint density at radius 2 is 1.96 bits per heavy atom. The number of hydrogen-bond acceptors (Lipinski definition) is 4. The minimum Gasteiger partial charge on any atom is -0.350 e. The maximum atomic E-state index is 12.9. The fourth-order valence-corrected chi connectivity index (χ4v) is 3.19. The molecule has 3 aromatic heterocycles. The fourth-order valence-electron chi connectivity index (χ4n) is 3.19. The number of carbonyl (C=O) groups is 1. The molecule has 3 heterocycles. The second-order valence-electron chi connectivity index (χ2n) is 6.66. The zero-order valence-corrected chi connectivity index (χ0v) is 16.0. The Morgan fingerprint density at radius 3 is 2.68 bits per heavy atom. The van der Waals surface area contributed by atoms with Gasteiger partial charge in [-0.3, -0.25) is 9.48 Å². The fraction of sp³-hybridized carbons (Fsp3) is 0.238. The summed E-state index contributed by atoms with van der Waals surface area (Å²) in [7, 11) is 0. The molecule has 0 saturated heterocycles. The molecule has 0 bridgehead atoms. The van der Waals surface area contributed by atoms with E-state index >= 15 is 0 Å². The number of rotatable bonds is 6. The zero-order chi connectivity index (χ0) is 19.5. The molecule has 0 aliphatic heterocycles. The predicted molar refractivity (Wildman–Crippen MR) is 108 cm³/mol. The van der Waals surface area contributed by atoms with Crippen molar-refractivity contribution >= 4 is 16.9 Å². The van der Waals surface area contributed by atoms with Gasteiger partial charge in [-0.1, -0.05) is 30.3 Å². The molecule has 0 spiro atoms. The molecule has 142 valence electrons. The number of nitrogens with zero attached hydrogens (tertiary/aromatic N) is 5. The van der Waals surface area contributed by atoms with E-state index in [-0.39, 0.29) is 5.91 Å². The second kappa shape index (κ2) is 7.64. The van der Waals surface area contributed by atoms with E-state index in [0.717, 1.165) is 27.9 Å². The molecule has 28 heavy (non-hydrogen) atoms. The summed E-state index contributed by atoms with van der Waals surface area (Å²) < 4.78 is 3.63. The first kappa shape index (κ1) is 17.9. The van der Waals surface area contributed by atoms with Crippen molar-refractivity contribution in [3.05, 3.63) is 66.1 Å². The minimum atomic E-state index is -0.135. The highest BCUT2D eigenvalue weighted by Gasteiger charge is 2.17. The number of aromatic nitrogens is 5. The van der Waals surface area contributed by atoms with Crippen LogP contribution < -0.4 is 5.32 Å². The summed E-state index contributed by atoms with van der Waals surface area (Å²) >= 11 is 0. The molecular weight excluding hydrogens is 352 g/mol. The topological polar surface area (TPSA) is 77.6 Å². The van der Waals surface area contributed by atoms with E-state index in [0.29, 0.717) is 25.2 Å². The Labute approximate surface area is 163 Å². The predicted octanol–water partition coefficient (Wildman–Crippen LogP) is 3.05. The molecule has 0 fully saturated rings. The molecule has 0 saturated carbocycles. The van der Waals surface area contributed by atoms with Crippen LogP contribution in [-0.2, 0) is 13.1 Å². The van der Waals surface area contributed by atoms with E-state index < -0.39 is 0 Å². The number of pyridine rings is 1. The Bertz CT molecular complexity index is 1110. The minimum absolute atomic E-state index is 0.135. The molecule has 4 aromatic rings. The molecule has 0 aliphatic rings. The number of fused-ring (bicyclic) bond motifs is 1. The van der Waals surface area contributed by atoms with Gasteiger partial charge in [0.25, 0.3) is 5.91 Å². The van der Waals surface area contributed by atoms with Gasteiger partial charge in [0.05, 0.1) is 35.6 Å². The van der Waals surface area contributed by atoms with Crippen LogP contribution in [0.2, 0.25) is 0 Å². The molecule has 0 radical (unpaired) electrons. The van der Waals surface area contributed by atoms with Gasteiger partial charge in [-0.25, -0.2) is 9.67 Å². The number of hydrogen-bond donors (Lipinski definition) is 1. The quantitative estimate of drug-likeness (QED) is 0.563. The van der Waals surface area contributed by atoms with E-state index in [1.807, 2.05) is 65.8 Å². The lowest BCUT2D eigenvalue weighted by Crippen LogP contribution is -2.27. The second-order valence-corrected chi connectivity index (χ2v) is 6.66. The molecule has 1 amide bonds. The van der Waals surface area contributed by atoms with Gasteiger partial charge >= 0.3 is 0 Å². The third-order valence-electron chi connectivity index (χ3n) is 4.61. The number of amides is 1. The normalized spacial score (nSPS) is 11.1. The lowest BCUT2D eigenvalue weighted by Gasteiger charge is -2.09. The molecular formula is C21H22N6O. The molecule has 1 N–H and O–H groups in total. The van der Waals surface area contributed by atoms with Crippen molar-refractivity contribution in [3.63, 3.8) is 0 Å². The zero-order valence-electron chi connectivity index (χ0n) is 16.0. The van der Waals surface area contributed by atoms with Crippen molar-refractivity contribution in [3.8, 4) is 11.3 Å². The van der Waals surface area contributed by atoms with Crippen LogP contribution >= 0.6 is 0 Å². The van der Waals surface area contributed by atoms with Crippen LogP contribution in [0.3, 0.4) is 0 Å². The highest BCUT2D eigenvalue weighted by molar-refractivity contribution is 6.06. The Kier molecular flexibility index (Phi) is 4.89. The SMILES string of the molecule is CCn1ncc2c(C(=O)NCCn3cc(C)cn3)cc(-c3ccccc3)nc21. The number of carbonyl (C=O) groups excluding carboxylic acids is 1. The van der Waals surface area contributed by atoms with Gasteiger partial charge in [0.1, 0.15) is 0 Å². The van der Waals surface area contributed by atoms with Crippen LogP contribution in [0.1, 0.15) is 22.8 Å². The van der Waals surface area contributed by atoms with Crippen LogP contribution in [-0.4, -0.2) is 37.0 Å². The highest BCUT2D eigenvalue weighted by Crippen LogP contribution is 2.24. The van der Waals surface area contributed by atoms with Crippen LogP contribution in [0, 0.1) is 6.92 Å². The molecule has 4 rings (SSSR count). The highest BCUT2D eigenvalue weighted by atomic mass is 16.1. The van der Waals surface area contributed by atoms with Gasteiger partial charge < -0.3 is 5.32 Å². The number of benzene rings is 1. The monoisotopic (exact) mass is 374 g/mol. The first-order chi connectivity index (χ1) is 13.7. The molecule has 7 heteroatoms. The van der Waals surface area contributed by atoms with E-state index in [2.05, 4.69) is 15.5 Å². The van der Waals surface area contributed by atoms with Crippen LogP contribution in [0.5, 0.6) is 0 Å². The smallest absolute Gasteiger partial charge is 0.252 e. The van der Waals surface area contributed by atoms with Crippen molar-refractivity contribution in [2.75, 3.05) is 6.54 Å². The maximum absolute atomic E-state index is 12.9. The largest absolute Gasteiger partial charge is 0.350 e. The molecule has 1 aromatic carbocycles. The summed E-state index contributed by atoms with van der Waals surface area (Å²) in [5.41, 5.74) is 4.13. The van der Waals surface area contributed by atoms with Crippen molar-refractivity contribution in [1.82, 2.24) is 29.9 Å². The van der Waals surface area contributed by atoms with Crippen LogP contribution in [0.25, 0.3) is 22.3 Å². The van der Waals surface area contributed by atoms with Gasteiger partial charge in [-0.15, -0.1) is 0 Å². The third-order valence-corrected chi connectivity index (χ3v) is 4.61. The summed E-state index contributed by atoms with van der Waals surface area (Å²) in [5, 5.41) is 12.4. The average molecular weight is 374 g/mol. The summed E-state index contributed by atoms with van der Waals surface area (Å²) in [4.78, 5) is 17.7. The van der Waals surface area contributed by atoms with Gasteiger partial charge in [-0.2, -0.15) is 10.2 Å². The first-order valence-corrected chi connectivity index (χ1v) is 9.35.